The van der Waals surface area contributed by atoms with Crippen LogP contribution in [0, 0.1) is 6.92 Å². The van der Waals surface area contributed by atoms with Crippen LogP contribution >= 0.6 is 0 Å². The number of piperazine rings is 1. The fourth-order valence-electron chi connectivity index (χ4n) is 5.07. The first-order valence-corrected chi connectivity index (χ1v) is 11.7. The zero-order chi connectivity index (χ0) is 23.7. The molecule has 0 unspecified atom stereocenters. The summed E-state index contributed by atoms with van der Waals surface area (Å²) in [6, 6.07) is 10.4. The van der Waals surface area contributed by atoms with E-state index in [1.807, 2.05) is 31.3 Å². The second kappa shape index (κ2) is 9.13. The molecule has 2 aromatic heterocycles. The van der Waals surface area contributed by atoms with Gasteiger partial charge < -0.3 is 23.8 Å². The zero-order valence-corrected chi connectivity index (χ0v) is 20.3. The Labute approximate surface area is 200 Å². The Balaban J connectivity index is 1.32. The standard InChI is InChI=1S/C25H32N6O3/c1-18-13-20(5-8-26-18)30-9-6-25(7-10-30)17-31(12-11-29(25)2)24-27-23(28-34-24)19-14-21(32-3)16-22(15-19)33-4/h5,8,13-16H,6-7,9-12,17H2,1-4H3. The molecular weight excluding hydrogens is 432 g/mol. The molecule has 9 nitrogen and oxygen atoms in total. The van der Waals surface area contributed by atoms with Crippen LogP contribution in [0.3, 0.4) is 0 Å². The summed E-state index contributed by atoms with van der Waals surface area (Å²) in [5.74, 6) is 1.91. The second-order valence-electron chi connectivity index (χ2n) is 9.21. The minimum absolute atomic E-state index is 0.0879. The molecule has 1 spiro atoms. The molecule has 3 aromatic rings. The molecule has 2 aliphatic rings. The molecule has 2 aliphatic heterocycles. The number of likely N-dealkylation sites (N-methyl/N-ethyl adjacent to an activating group) is 1. The van der Waals surface area contributed by atoms with Crippen LogP contribution < -0.4 is 19.3 Å². The molecule has 0 radical (unpaired) electrons. The Hall–Kier alpha value is -3.33. The van der Waals surface area contributed by atoms with Crippen molar-refractivity contribution in [3.63, 3.8) is 0 Å². The van der Waals surface area contributed by atoms with Gasteiger partial charge in [-0.1, -0.05) is 5.16 Å². The second-order valence-corrected chi connectivity index (χ2v) is 9.21. The van der Waals surface area contributed by atoms with Gasteiger partial charge in [-0.05, 0) is 51.1 Å². The van der Waals surface area contributed by atoms with Crippen LogP contribution in [0.2, 0.25) is 0 Å². The van der Waals surface area contributed by atoms with Crippen molar-refractivity contribution < 1.29 is 14.0 Å². The van der Waals surface area contributed by atoms with Gasteiger partial charge in [0.05, 0.1) is 14.2 Å². The highest BCUT2D eigenvalue weighted by molar-refractivity contribution is 5.61. The topological polar surface area (TPSA) is 80.0 Å². The lowest BCUT2D eigenvalue weighted by atomic mass is 9.83. The van der Waals surface area contributed by atoms with E-state index < -0.39 is 0 Å². The van der Waals surface area contributed by atoms with Crippen LogP contribution in [0.4, 0.5) is 11.7 Å². The molecule has 9 heteroatoms. The smallest absolute Gasteiger partial charge is 0.324 e. The van der Waals surface area contributed by atoms with Crippen LogP contribution in [-0.2, 0) is 0 Å². The SMILES string of the molecule is COc1cc(OC)cc(-c2noc(N3CCN(C)C4(CCN(c5ccnc(C)c5)CC4)C3)n2)c1. The van der Waals surface area contributed by atoms with E-state index in [0.717, 1.165) is 56.8 Å². The molecule has 0 N–H and O–H groups in total. The summed E-state index contributed by atoms with van der Waals surface area (Å²) < 4.78 is 16.5. The van der Waals surface area contributed by atoms with E-state index >= 15 is 0 Å². The van der Waals surface area contributed by atoms with Gasteiger partial charge >= 0.3 is 6.01 Å². The maximum absolute atomic E-state index is 5.73. The highest BCUT2D eigenvalue weighted by Gasteiger charge is 2.43. The quantitative estimate of drug-likeness (QED) is 0.565. The highest BCUT2D eigenvalue weighted by atomic mass is 16.5. The van der Waals surface area contributed by atoms with E-state index in [9.17, 15) is 0 Å². The number of piperidine rings is 1. The van der Waals surface area contributed by atoms with Crippen molar-refractivity contribution in [2.45, 2.75) is 25.3 Å². The highest BCUT2D eigenvalue weighted by Crippen LogP contribution is 2.35. The predicted molar refractivity (Wildman–Crippen MR) is 131 cm³/mol. The average molecular weight is 465 g/mol. The van der Waals surface area contributed by atoms with Gasteiger partial charge in [-0.2, -0.15) is 4.98 Å². The van der Waals surface area contributed by atoms with E-state index in [4.69, 9.17) is 19.0 Å². The van der Waals surface area contributed by atoms with Crippen molar-refractivity contribution in [2.24, 2.45) is 0 Å². The lowest BCUT2D eigenvalue weighted by Crippen LogP contribution is -2.64. The largest absolute Gasteiger partial charge is 0.497 e. The van der Waals surface area contributed by atoms with Gasteiger partial charge in [0.25, 0.3) is 0 Å². The van der Waals surface area contributed by atoms with Crippen molar-refractivity contribution in [1.29, 1.82) is 0 Å². The number of hydrogen-bond acceptors (Lipinski definition) is 9. The lowest BCUT2D eigenvalue weighted by Gasteiger charge is -2.53. The Morgan fingerprint density at radius 2 is 1.68 bits per heavy atom. The van der Waals surface area contributed by atoms with Crippen molar-refractivity contribution >= 4 is 11.7 Å². The Kier molecular flexibility index (Phi) is 6.03. The van der Waals surface area contributed by atoms with E-state index in [2.05, 4.69) is 44.0 Å². The summed E-state index contributed by atoms with van der Waals surface area (Å²) in [5.41, 5.74) is 3.20. The summed E-state index contributed by atoms with van der Waals surface area (Å²) >= 11 is 0. The lowest BCUT2D eigenvalue weighted by molar-refractivity contribution is 0.0736. The van der Waals surface area contributed by atoms with Crippen molar-refractivity contribution in [3.05, 3.63) is 42.2 Å². The molecule has 0 saturated carbocycles. The number of methoxy groups -OCH3 is 2. The number of aromatic nitrogens is 3. The van der Waals surface area contributed by atoms with Gasteiger partial charge in [-0.25, -0.2) is 0 Å². The van der Waals surface area contributed by atoms with Crippen LogP contribution in [0.25, 0.3) is 11.4 Å². The van der Waals surface area contributed by atoms with Crippen molar-refractivity contribution in [1.82, 2.24) is 20.0 Å². The maximum atomic E-state index is 5.73. The minimum Gasteiger partial charge on any atom is -0.497 e. The first kappa shape index (κ1) is 22.5. The molecule has 0 amide bonds. The average Bonchev–Trinajstić information content (AvgIpc) is 3.36. The number of pyridine rings is 1. The molecule has 2 fully saturated rings. The molecule has 0 aliphatic carbocycles. The molecule has 34 heavy (non-hydrogen) atoms. The maximum Gasteiger partial charge on any atom is 0.324 e. The monoisotopic (exact) mass is 464 g/mol. The number of hydrogen-bond donors (Lipinski definition) is 0. The van der Waals surface area contributed by atoms with Crippen LogP contribution in [0.5, 0.6) is 11.5 Å². The summed E-state index contributed by atoms with van der Waals surface area (Å²) in [4.78, 5) is 16.3. The predicted octanol–water partition coefficient (Wildman–Crippen LogP) is 3.25. The van der Waals surface area contributed by atoms with Gasteiger partial charge in [-0.15, -0.1) is 0 Å². The molecule has 2 saturated heterocycles. The van der Waals surface area contributed by atoms with E-state index in [-0.39, 0.29) is 5.54 Å². The number of benzene rings is 1. The molecule has 5 rings (SSSR count). The fourth-order valence-corrected chi connectivity index (χ4v) is 5.07. The third kappa shape index (κ3) is 4.27. The summed E-state index contributed by atoms with van der Waals surface area (Å²) in [7, 11) is 5.50. The van der Waals surface area contributed by atoms with E-state index in [1.165, 1.54) is 5.69 Å². The molecule has 0 bridgehead atoms. The number of ether oxygens (including phenoxy) is 2. The molecule has 180 valence electrons. The molecule has 1 aromatic carbocycles. The third-order valence-corrected chi connectivity index (χ3v) is 7.24. The van der Waals surface area contributed by atoms with Crippen molar-refractivity contribution in [2.75, 3.05) is 63.8 Å². The molecular formula is C25H32N6O3. The normalized spacial score (nSPS) is 18.4. The minimum atomic E-state index is 0.0879. The Morgan fingerprint density at radius 3 is 2.35 bits per heavy atom. The first-order valence-electron chi connectivity index (χ1n) is 11.7. The van der Waals surface area contributed by atoms with E-state index in [1.54, 1.807) is 14.2 Å². The van der Waals surface area contributed by atoms with Crippen molar-refractivity contribution in [3.8, 4) is 22.9 Å². The van der Waals surface area contributed by atoms with Crippen LogP contribution in [0.15, 0.2) is 41.1 Å². The van der Waals surface area contributed by atoms with Gasteiger partial charge in [0, 0.05) is 67.5 Å². The van der Waals surface area contributed by atoms with E-state index in [0.29, 0.717) is 23.3 Å². The molecule has 4 heterocycles. The zero-order valence-electron chi connectivity index (χ0n) is 20.3. The van der Waals surface area contributed by atoms with Gasteiger partial charge in [0.15, 0.2) is 0 Å². The van der Waals surface area contributed by atoms with Crippen LogP contribution in [-0.4, -0.2) is 79.6 Å². The van der Waals surface area contributed by atoms with Gasteiger partial charge in [-0.3, -0.25) is 9.88 Å². The summed E-state index contributed by atoms with van der Waals surface area (Å²) in [6.07, 6.45) is 4.06. The summed E-state index contributed by atoms with van der Waals surface area (Å²) in [6.45, 7) is 6.76. The first-order chi connectivity index (χ1) is 16.5. The number of anilines is 2. The fraction of sp³-hybridized carbons (Fsp3) is 0.480. The Bertz CT molecular complexity index is 1120. The Morgan fingerprint density at radius 1 is 0.941 bits per heavy atom. The summed E-state index contributed by atoms with van der Waals surface area (Å²) in [5, 5.41) is 4.26. The van der Waals surface area contributed by atoms with Gasteiger partial charge in [0.1, 0.15) is 11.5 Å². The molecule has 0 atom stereocenters. The number of aryl methyl sites for hydroxylation is 1. The number of nitrogens with zero attached hydrogens (tertiary/aromatic N) is 6. The van der Waals surface area contributed by atoms with Gasteiger partial charge in [0.2, 0.25) is 5.82 Å². The van der Waals surface area contributed by atoms with Crippen LogP contribution in [0.1, 0.15) is 18.5 Å². The number of rotatable bonds is 5. The third-order valence-electron chi connectivity index (χ3n) is 7.24.